The molecular formula is C47H79N4O14P. The van der Waals surface area contributed by atoms with Crippen LogP contribution in [0.1, 0.15) is 117 Å². The van der Waals surface area contributed by atoms with Gasteiger partial charge in [-0.3, -0.25) is 28.5 Å². The molecule has 18 nitrogen and oxygen atoms in total. The van der Waals surface area contributed by atoms with E-state index in [1.807, 2.05) is 0 Å². The third kappa shape index (κ3) is 36.3. The minimum Gasteiger partial charge on any atom is -0.379 e. The Balaban J connectivity index is 5.54. The molecule has 376 valence electrons. The number of carbonyl (C=O) groups excluding carboxylic acids is 5. The van der Waals surface area contributed by atoms with Crippen molar-refractivity contribution in [3.63, 3.8) is 0 Å². The summed E-state index contributed by atoms with van der Waals surface area (Å²) in [5, 5.41) is 10.7. The van der Waals surface area contributed by atoms with Crippen molar-refractivity contribution in [1.82, 2.24) is 21.3 Å². The molecule has 0 aromatic rings. The molecule has 5 N–H and O–H groups in total. The maximum Gasteiger partial charge on any atom is 0.333 e. The summed E-state index contributed by atoms with van der Waals surface area (Å²) in [4.78, 5) is 75.6. The van der Waals surface area contributed by atoms with Gasteiger partial charge in [0, 0.05) is 70.3 Å². The average molecular weight is 955 g/mol. The molecule has 0 fully saturated rings. The van der Waals surface area contributed by atoms with Gasteiger partial charge < -0.3 is 59.1 Å². The van der Waals surface area contributed by atoms with E-state index in [9.17, 15) is 33.4 Å². The van der Waals surface area contributed by atoms with Crippen LogP contribution < -0.4 is 21.3 Å². The highest BCUT2D eigenvalue weighted by Crippen LogP contribution is 2.54. The molecule has 0 aliphatic carbocycles. The van der Waals surface area contributed by atoms with Crippen molar-refractivity contribution < 1.29 is 66.4 Å². The predicted octanol–water partition coefficient (Wildman–Crippen LogP) is 3.61. The van der Waals surface area contributed by atoms with Gasteiger partial charge in [0.15, 0.2) is 0 Å². The van der Waals surface area contributed by atoms with Crippen LogP contribution in [-0.2, 0) is 61.5 Å². The zero-order chi connectivity index (χ0) is 49.2. The lowest BCUT2D eigenvalue weighted by Crippen LogP contribution is -2.50. The van der Waals surface area contributed by atoms with Crippen LogP contribution in [0.5, 0.6) is 0 Å². The fourth-order valence-electron chi connectivity index (χ4n) is 5.94. The summed E-state index contributed by atoms with van der Waals surface area (Å²) in [5.41, 5.74) is -1.11. The molecule has 0 aliphatic heterocycles. The summed E-state index contributed by atoms with van der Waals surface area (Å²) >= 11 is 0. The molecule has 0 aromatic heterocycles. The number of hydrogen-bond donors (Lipinski definition) is 5. The van der Waals surface area contributed by atoms with Crippen molar-refractivity contribution in [2.45, 2.75) is 128 Å². The number of nitrogens with one attached hydrogen (secondary N) is 4. The molecule has 1 unspecified atom stereocenters. The molecule has 0 bridgehead atoms. The van der Waals surface area contributed by atoms with Gasteiger partial charge in [0.1, 0.15) is 25.6 Å². The number of ether oxygens (including phenoxy) is 6. The maximum absolute atomic E-state index is 13.6. The summed E-state index contributed by atoms with van der Waals surface area (Å²) in [5.74, 6) is 5.87. The molecule has 0 aromatic carbocycles. The molecule has 0 rings (SSSR count). The van der Waals surface area contributed by atoms with Gasteiger partial charge in [-0.25, -0.2) is 0 Å². The lowest BCUT2D eigenvalue weighted by atomic mass is 9.82. The van der Waals surface area contributed by atoms with E-state index in [1.54, 1.807) is 20.8 Å². The van der Waals surface area contributed by atoms with Crippen molar-refractivity contribution in [2.75, 3.05) is 106 Å². The van der Waals surface area contributed by atoms with Gasteiger partial charge in [0.05, 0.1) is 64.6 Å². The average Bonchev–Trinajstić information content (AvgIpc) is 3.27. The normalized spacial score (nSPS) is 12.3. The zero-order valence-corrected chi connectivity index (χ0v) is 40.7. The van der Waals surface area contributed by atoms with Crippen LogP contribution in [0, 0.1) is 37.0 Å². The second-order valence-electron chi connectivity index (χ2n) is 16.4. The van der Waals surface area contributed by atoms with Crippen molar-refractivity contribution >= 4 is 37.0 Å². The van der Waals surface area contributed by atoms with Gasteiger partial charge in [-0.2, -0.15) is 0 Å². The molecular weight excluding hydrogens is 876 g/mol. The van der Waals surface area contributed by atoms with Gasteiger partial charge in [-0.05, 0) is 65.7 Å². The summed E-state index contributed by atoms with van der Waals surface area (Å²) in [7, 11) is -3.70. The van der Waals surface area contributed by atoms with Crippen LogP contribution in [0.15, 0.2) is 0 Å². The SMILES string of the molecule is C#CCOCCOCCCC(=O)CCC(CCC(=O)NCCOCCOCC#C)(CCC(=O)NCCOCCOCC#C)NC(=O)CCCC(=O)NCCCCCCOP(=O)(O)C(C)(C)C. The Kier molecular flexibility index (Phi) is 37.9. The summed E-state index contributed by atoms with van der Waals surface area (Å²) in [6.07, 6.45) is 20.0. The van der Waals surface area contributed by atoms with Gasteiger partial charge in [0.25, 0.3) is 0 Å². The van der Waals surface area contributed by atoms with Crippen LogP contribution in [-0.4, -0.2) is 151 Å². The highest BCUT2D eigenvalue weighted by Gasteiger charge is 2.36. The summed E-state index contributed by atoms with van der Waals surface area (Å²) in [6.45, 7) is 9.33. The third-order valence-corrected chi connectivity index (χ3v) is 12.0. The first-order chi connectivity index (χ1) is 31.6. The van der Waals surface area contributed by atoms with Gasteiger partial charge >= 0.3 is 7.60 Å². The van der Waals surface area contributed by atoms with E-state index in [-0.39, 0.29) is 146 Å². The van der Waals surface area contributed by atoms with Crippen molar-refractivity contribution in [3.8, 4) is 37.0 Å². The number of terminal acetylenes is 3. The van der Waals surface area contributed by atoms with Gasteiger partial charge in [0.2, 0.25) is 23.6 Å². The molecule has 0 heterocycles. The minimum absolute atomic E-state index is 0.00201. The molecule has 19 heteroatoms. The van der Waals surface area contributed by atoms with Crippen molar-refractivity contribution in [2.24, 2.45) is 0 Å². The number of Topliss-reactive ketones (excluding diaryl/α,β-unsaturated/α-hetero) is 1. The smallest absolute Gasteiger partial charge is 0.333 e. The first kappa shape index (κ1) is 62.1. The molecule has 66 heavy (non-hydrogen) atoms. The predicted molar refractivity (Wildman–Crippen MR) is 251 cm³/mol. The first-order valence-corrected chi connectivity index (χ1v) is 24.6. The molecule has 0 spiro atoms. The van der Waals surface area contributed by atoms with E-state index in [1.165, 1.54) is 0 Å². The topological polar surface area (TPSA) is 235 Å². The standard InChI is InChI=1S/C47H79N4O14P/c1-7-28-59-35-38-62-31-15-16-41(52)19-22-47(23-20-43(54)49-26-33-63-39-36-60-29-8-2,24-21-44(55)50-27-34-64-40-37-61-30-9-3)51-45(56)18-14-17-42(53)48-25-12-10-11-13-32-65-66(57,58)46(4,5)6/h1-3H,10-40H2,4-6H3,(H,48,53)(H,49,54)(H,50,55)(H,51,56)(H,57,58). The van der Waals surface area contributed by atoms with E-state index < -0.39 is 18.3 Å². The van der Waals surface area contributed by atoms with E-state index in [4.69, 9.17) is 52.2 Å². The highest BCUT2D eigenvalue weighted by atomic mass is 31.2. The monoisotopic (exact) mass is 955 g/mol. The van der Waals surface area contributed by atoms with Crippen LogP contribution in [0.2, 0.25) is 0 Å². The Morgan fingerprint density at radius 2 is 0.924 bits per heavy atom. The summed E-state index contributed by atoms with van der Waals surface area (Å²) in [6, 6.07) is 0. The minimum atomic E-state index is -3.70. The lowest BCUT2D eigenvalue weighted by Gasteiger charge is -2.35. The first-order valence-electron chi connectivity index (χ1n) is 23.0. The number of amides is 4. The number of unbranched alkanes of at least 4 members (excludes halogenated alkanes) is 3. The quantitative estimate of drug-likeness (QED) is 0.0334. The number of carbonyl (C=O) groups is 5. The Morgan fingerprint density at radius 1 is 0.485 bits per heavy atom. The van der Waals surface area contributed by atoms with Gasteiger partial charge in [-0.1, -0.05) is 30.6 Å². The molecule has 0 aliphatic rings. The molecule has 4 amide bonds. The number of ketones is 1. The zero-order valence-electron chi connectivity index (χ0n) is 39.9. The number of rotatable bonds is 44. The summed E-state index contributed by atoms with van der Waals surface area (Å²) < 4.78 is 49.5. The highest BCUT2D eigenvalue weighted by molar-refractivity contribution is 7.54. The largest absolute Gasteiger partial charge is 0.379 e. The van der Waals surface area contributed by atoms with Gasteiger partial charge in [-0.15, -0.1) is 19.3 Å². The Bertz CT molecular complexity index is 1420. The van der Waals surface area contributed by atoms with E-state index >= 15 is 0 Å². The fourth-order valence-corrected chi connectivity index (χ4v) is 6.71. The molecule has 0 saturated carbocycles. The maximum atomic E-state index is 13.6. The Hall–Kier alpha value is -3.86. The van der Waals surface area contributed by atoms with E-state index in [0.717, 1.165) is 12.8 Å². The van der Waals surface area contributed by atoms with Crippen LogP contribution in [0.4, 0.5) is 0 Å². The second kappa shape index (κ2) is 40.2. The third-order valence-electron chi connectivity index (χ3n) is 9.82. The van der Waals surface area contributed by atoms with Crippen LogP contribution >= 0.6 is 7.60 Å². The Morgan fingerprint density at radius 3 is 1.44 bits per heavy atom. The van der Waals surface area contributed by atoms with E-state index in [2.05, 4.69) is 39.0 Å². The number of hydrogen-bond acceptors (Lipinski definition) is 13. The van der Waals surface area contributed by atoms with Crippen LogP contribution in [0.25, 0.3) is 0 Å². The van der Waals surface area contributed by atoms with Crippen molar-refractivity contribution in [1.29, 1.82) is 0 Å². The molecule has 1 atom stereocenters. The van der Waals surface area contributed by atoms with E-state index in [0.29, 0.717) is 72.1 Å². The van der Waals surface area contributed by atoms with Crippen LogP contribution in [0.3, 0.4) is 0 Å². The fraction of sp³-hybridized carbons (Fsp3) is 0.766. The molecule has 0 saturated heterocycles. The van der Waals surface area contributed by atoms with Crippen molar-refractivity contribution in [3.05, 3.63) is 0 Å². The molecule has 0 radical (unpaired) electrons. The Labute approximate surface area is 394 Å². The second-order valence-corrected chi connectivity index (χ2v) is 19.1. The lowest BCUT2D eigenvalue weighted by molar-refractivity contribution is -0.127.